The van der Waals surface area contributed by atoms with E-state index in [1.54, 1.807) is 12.1 Å². The molecule has 1 aromatic heterocycles. The molecule has 3 rings (SSSR count). The van der Waals surface area contributed by atoms with Gasteiger partial charge in [-0.3, -0.25) is 9.69 Å². The summed E-state index contributed by atoms with van der Waals surface area (Å²) < 4.78 is 4.61. The highest BCUT2D eigenvalue weighted by Crippen LogP contribution is 2.35. The molecule has 2 heterocycles. The van der Waals surface area contributed by atoms with E-state index in [0.29, 0.717) is 18.2 Å². The molecule has 0 aromatic carbocycles. The number of nitrogens with one attached hydrogen (secondary N) is 1. The Labute approximate surface area is 148 Å². The molecule has 0 bridgehead atoms. The molecule has 6 heteroatoms. The lowest BCUT2D eigenvalue weighted by Gasteiger charge is -2.44. The van der Waals surface area contributed by atoms with Gasteiger partial charge in [0, 0.05) is 19.0 Å². The summed E-state index contributed by atoms with van der Waals surface area (Å²) in [6.45, 7) is 1.94. The van der Waals surface area contributed by atoms with Gasteiger partial charge in [0.25, 0.3) is 0 Å². The number of rotatable bonds is 5. The summed E-state index contributed by atoms with van der Waals surface area (Å²) in [6, 6.07) is 3.91. The van der Waals surface area contributed by atoms with Crippen LogP contribution in [0.3, 0.4) is 0 Å². The number of ether oxygens (including phenoxy) is 1. The van der Waals surface area contributed by atoms with E-state index in [1.807, 2.05) is 0 Å². The molecule has 1 aromatic rings. The van der Waals surface area contributed by atoms with Crippen LogP contribution in [0.15, 0.2) is 18.3 Å². The van der Waals surface area contributed by atoms with Crippen molar-refractivity contribution in [2.45, 2.75) is 51.0 Å². The first-order valence-corrected chi connectivity index (χ1v) is 9.25. The number of piperidine rings is 1. The summed E-state index contributed by atoms with van der Waals surface area (Å²) >= 11 is 0. The van der Waals surface area contributed by atoms with E-state index >= 15 is 0 Å². The SMILES string of the molecule is COC(=O)c1ccc(NC(=O)CCN2CCC[C@@H]3CCCC[C@@H]32)cn1. The monoisotopic (exact) mass is 345 g/mol. The Bertz CT molecular complexity index is 600. The van der Waals surface area contributed by atoms with E-state index in [-0.39, 0.29) is 11.6 Å². The number of likely N-dealkylation sites (tertiary alicyclic amines) is 1. The lowest BCUT2D eigenvalue weighted by atomic mass is 9.78. The third kappa shape index (κ3) is 4.57. The maximum absolute atomic E-state index is 12.2. The van der Waals surface area contributed by atoms with Gasteiger partial charge in [0.1, 0.15) is 5.69 Å². The van der Waals surface area contributed by atoms with Crippen LogP contribution in [-0.2, 0) is 9.53 Å². The number of carbonyl (C=O) groups is 2. The van der Waals surface area contributed by atoms with E-state index in [9.17, 15) is 9.59 Å². The van der Waals surface area contributed by atoms with Crippen LogP contribution in [0.1, 0.15) is 55.4 Å². The number of pyridine rings is 1. The van der Waals surface area contributed by atoms with Crippen molar-refractivity contribution in [3.63, 3.8) is 0 Å². The van der Waals surface area contributed by atoms with Crippen LogP contribution in [0.2, 0.25) is 0 Å². The number of esters is 1. The summed E-state index contributed by atoms with van der Waals surface area (Å²) in [5, 5.41) is 2.86. The molecule has 2 fully saturated rings. The minimum Gasteiger partial charge on any atom is -0.464 e. The number of methoxy groups -OCH3 is 1. The third-order valence-corrected chi connectivity index (χ3v) is 5.43. The number of carbonyl (C=O) groups excluding carboxylic acids is 2. The zero-order valence-electron chi connectivity index (χ0n) is 14.9. The largest absolute Gasteiger partial charge is 0.464 e. The van der Waals surface area contributed by atoms with Crippen LogP contribution in [0.4, 0.5) is 5.69 Å². The molecule has 2 aliphatic rings. The second kappa shape index (κ2) is 8.43. The fourth-order valence-corrected chi connectivity index (χ4v) is 4.17. The van der Waals surface area contributed by atoms with Crippen molar-refractivity contribution in [1.29, 1.82) is 0 Å². The summed E-state index contributed by atoms with van der Waals surface area (Å²) in [6.07, 6.45) is 9.90. The highest BCUT2D eigenvalue weighted by atomic mass is 16.5. The summed E-state index contributed by atoms with van der Waals surface area (Å²) in [4.78, 5) is 30.1. The quantitative estimate of drug-likeness (QED) is 0.831. The van der Waals surface area contributed by atoms with Crippen molar-refractivity contribution in [3.05, 3.63) is 24.0 Å². The summed E-state index contributed by atoms with van der Waals surface area (Å²) in [5.41, 5.74) is 0.837. The number of hydrogen-bond acceptors (Lipinski definition) is 5. The smallest absolute Gasteiger partial charge is 0.356 e. The standard InChI is InChI=1S/C19H27N3O3/c1-25-19(24)16-9-8-15(13-20-16)21-18(23)10-12-22-11-4-6-14-5-2-3-7-17(14)22/h8-9,13-14,17H,2-7,10-12H2,1H3,(H,21,23)/t14-,17-/m0/s1. The average Bonchev–Trinajstić information content (AvgIpc) is 2.66. The maximum Gasteiger partial charge on any atom is 0.356 e. The van der Waals surface area contributed by atoms with Gasteiger partial charge in [-0.15, -0.1) is 0 Å². The van der Waals surface area contributed by atoms with Crippen molar-refractivity contribution in [3.8, 4) is 0 Å². The number of aromatic nitrogens is 1. The first kappa shape index (κ1) is 17.9. The topological polar surface area (TPSA) is 71.5 Å². The number of anilines is 1. The molecule has 6 nitrogen and oxygen atoms in total. The van der Waals surface area contributed by atoms with Gasteiger partial charge in [0.05, 0.1) is 19.0 Å². The summed E-state index contributed by atoms with van der Waals surface area (Å²) in [7, 11) is 1.32. The van der Waals surface area contributed by atoms with E-state index in [2.05, 4.69) is 19.9 Å². The van der Waals surface area contributed by atoms with Gasteiger partial charge >= 0.3 is 5.97 Å². The van der Waals surface area contributed by atoms with Crippen LogP contribution in [0.25, 0.3) is 0 Å². The Morgan fingerprint density at radius 3 is 2.80 bits per heavy atom. The second-order valence-corrected chi connectivity index (χ2v) is 7.01. The van der Waals surface area contributed by atoms with E-state index < -0.39 is 5.97 Å². The molecule has 1 saturated heterocycles. The fraction of sp³-hybridized carbons (Fsp3) is 0.632. The van der Waals surface area contributed by atoms with Crippen molar-refractivity contribution in [2.24, 2.45) is 5.92 Å². The molecule has 1 saturated carbocycles. The van der Waals surface area contributed by atoms with E-state index in [4.69, 9.17) is 0 Å². The number of hydrogen-bond donors (Lipinski definition) is 1. The zero-order chi connectivity index (χ0) is 17.6. The van der Waals surface area contributed by atoms with E-state index in [1.165, 1.54) is 51.8 Å². The van der Waals surface area contributed by atoms with Crippen molar-refractivity contribution in [2.75, 3.05) is 25.5 Å². The normalized spacial score (nSPS) is 23.6. The minimum absolute atomic E-state index is 0.00875. The molecule has 0 radical (unpaired) electrons. The van der Waals surface area contributed by atoms with Crippen LogP contribution in [0.5, 0.6) is 0 Å². The molecule has 1 aliphatic carbocycles. The second-order valence-electron chi connectivity index (χ2n) is 7.01. The van der Waals surface area contributed by atoms with Crippen molar-refractivity contribution >= 4 is 17.6 Å². The molecule has 0 spiro atoms. The highest BCUT2D eigenvalue weighted by molar-refractivity contribution is 5.91. The first-order chi connectivity index (χ1) is 12.2. The molecule has 0 unspecified atom stereocenters. The molecule has 25 heavy (non-hydrogen) atoms. The Morgan fingerprint density at radius 1 is 1.24 bits per heavy atom. The van der Waals surface area contributed by atoms with Crippen LogP contribution in [0, 0.1) is 5.92 Å². The molecular weight excluding hydrogens is 318 g/mol. The van der Waals surface area contributed by atoms with Crippen molar-refractivity contribution < 1.29 is 14.3 Å². The predicted octanol–water partition coefficient (Wildman–Crippen LogP) is 2.85. The Kier molecular flexibility index (Phi) is 6.02. The average molecular weight is 345 g/mol. The van der Waals surface area contributed by atoms with Crippen LogP contribution in [-0.4, -0.2) is 48.0 Å². The van der Waals surface area contributed by atoms with Crippen molar-refractivity contribution in [1.82, 2.24) is 9.88 Å². The number of amides is 1. The Balaban J connectivity index is 1.48. The van der Waals surface area contributed by atoms with Gasteiger partial charge in [-0.2, -0.15) is 0 Å². The van der Waals surface area contributed by atoms with E-state index in [0.717, 1.165) is 19.0 Å². The van der Waals surface area contributed by atoms with Gasteiger partial charge in [-0.25, -0.2) is 9.78 Å². The van der Waals surface area contributed by atoms with Crippen LogP contribution >= 0.6 is 0 Å². The number of fused-ring (bicyclic) bond motifs is 1. The van der Waals surface area contributed by atoms with Gasteiger partial charge < -0.3 is 10.1 Å². The highest BCUT2D eigenvalue weighted by Gasteiger charge is 2.32. The zero-order valence-corrected chi connectivity index (χ0v) is 14.9. The molecule has 1 N–H and O–H groups in total. The lowest BCUT2D eigenvalue weighted by Crippen LogP contribution is -2.47. The first-order valence-electron chi connectivity index (χ1n) is 9.25. The third-order valence-electron chi connectivity index (χ3n) is 5.43. The lowest BCUT2D eigenvalue weighted by molar-refractivity contribution is -0.116. The predicted molar refractivity (Wildman–Crippen MR) is 95.4 cm³/mol. The minimum atomic E-state index is -0.481. The molecule has 2 atom stereocenters. The molecular formula is C19H27N3O3. The van der Waals surface area contributed by atoms with Gasteiger partial charge in [0.2, 0.25) is 5.91 Å². The maximum atomic E-state index is 12.2. The molecule has 136 valence electrons. The fourth-order valence-electron chi connectivity index (χ4n) is 4.17. The van der Waals surface area contributed by atoms with Gasteiger partial charge in [0.15, 0.2) is 0 Å². The number of nitrogens with zero attached hydrogens (tertiary/aromatic N) is 2. The van der Waals surface area contributed by atoms with Gasteiger partial charge in [-0.1, -0.05) is 12.8 Å². The Morgan fingerprint density at radius 2 is 2.04 bits per heavy atom. The summed E-state index contributed by atoms with van der Waals surface area (Å²) in [5.74, 6) is 0.344. The Hall–Kier alpha value is -1.95. The molecule has 1 aliphatic heterocycles. The van der Waals surface area contributed by atoms with Crippen LogP contribution < -0.4 is 5.32 Å². The van der Waals surface area contributed by atoms with Gasteiger partial charge in [-0.05, 0) is 50.3 Å². The molecule has 1 amide bonds.